The number of thiophene rings is 1. The second kappa shape index (κ2) is 10.1. The normalized spacial score (nSPS) is 16.0. The highest BCUT2D eigenvalue weighted by atomic mass is 32.2. The highest BCUT2D eigenvalue weighted by molar-refractivity contribution is 7.89. The third kappa shape index (κ3) is 4.89. The molecule has 1 aliphatic carbocycles. The van der Waals surface area contributed by atoms with Gasteiger partial charge in [0.15, 0.2) is 0 Å². The Balaban J connectivity index is 1.87. The van der Waals surface area contributed by atoms with Crippen molar-refractivity contribution in [3.8, 4) is 0 Å². The van der Waals surface area contributed by atoms with Gasteiger partial charge in [0.2, 0.25) is 10.0 Å². The number of fused-ring (bicyclic) bond motifs is 1. The van der Waals surface area contributed by atoms with E-state index in [1.807, 2.05) is 0 Å². The SMILES string of the molecule is CCOC(=O)c1c(NC(=O)c2ccc(S(=O)(=O)N(CC)CC)cc2)sc2c1CCC(C)C2. The van der Waals surface area contributed by atoms with Gasteiger partial charge in [-0.1, -0.05) is 20.8 Å². The Morgan fingerprint density at radius 2 is 1.81 bits per heavy atom. The van der Waals surface area contributed by atoms with E-state index >= 15 is 0 Å². The Bertz CT molecular complexity index is 1090. The van der Waals surface area contributed by atoms with Crippen LogP contribution in [0, 0.1) is 5.92 Å². The lowest BCUT2D eigenvalue weighted by molar-refractivity contribution is 0.0526. The highest BCUT2D eigenvalue weighted by Crippen LogP contribution is 2.40. The predicted molar refractivity (Wildman–Crippen MR) is 126 cm³/mol. The van der Waals surface area contributed by atoms with Gasteiger partial charge in [-0.2, -0.15) is 4.31 Å². The molecule has 9 heteroatoms. The van der Waals surface area contributed by atoms with Crippen molar-refractivity contribution in [2.75, 3.05) is 25.0 Å². The number of benzene rings is 1. The topological polar surface area (TPSA) is 92.8 Å². The zero-order valence-corrected chi connectivity index (χ0v) is 20.6. The maximum atomic E-state index is 12.9. The molecule has 1 aromatic carbocycles. The summed E-state index contributed by atoms with van der Waals surface area (Å²) in [6, 6.07) is 5.86. The van der Waals surface area contributed by atoms with Gasteiger partial charge < -0.3 is 10.1 Å². The number of sulfonamides is 1. The van der Waals surface area contributed by atoms with Gasteiger partial charge in [0.05, 0.1) is 17.1 Å². The van der Waals surface area contributed by atoms with Crippen molar-refractivity contribution in [2.45, 2.75) is 51.9 Å². The van der Waals surface area contributed by atoms with Crippen molar-refractivity contribution in [3.05, 3.63) is 45.8 Å². The Morgan fingerprint density at radius 3 is 2.41 bits per heavy atom. The molecular weight excluding hydrogens is 448 g/mol. The van der Waals surface area contributed by atoms with Crippen LogP contribution in [0.4, 0.5) is 5.00 Å². The molecule has 1 amide bonds. The molecule has 1 aliphatic rings. The van der Waals surface area contributed by atoms with E-state index in [-0.39, 0.29) is 11.5 Å². The number of amides is 1. The fourth-order valence-corrected chi connectivity index (χ4v) is 6.78. The van der Waals surface area contributed by atoms with Gasteiger partial charge in [-0.05, 0) is 61.9 Å². The van der Waals surface area contributed by atoms with Gasteiger partial charge in [0.1, 0.15) is 5.00 Å². The van der Waals surface area contributed by atoms with Crippen LogP contribution in [-0.2, 0) is 27.6 Å². The van der Waals surface area contributed by atoms with Crippen LogP contribution in [0.2, 0.25) is 0 Å². The molecule has 1 unspecified atom stereocenters. The van der Waals surface area contributed by atoms with E-state index in [1.165, 1.54) is 39.9 Å². The standard InChI is InChI=1S/C23H30N2O5S2/c1-5-25(6-2)32(28,29)17-11-9-16(10-12-17)21(26)24-22-20(23(27)30-7-3)18-13-8-15(4)14-19(18)31-22/h9-12,15H,5-8,13-14H2,1-4H3,(H,24,26). The summed E-state index contributed by atoms with van der Waals surface area (Å²) in [5, 5.41) is 3.35. The van der Waals surface area contributed by atoms with Gasteiger partial charge in [-0.3, -0.25) is 4.79 Å². The van der Waals surface area contributed by atoms with E-state index in [1.54, 1.807) is 20.8 Å². The van der Waals surface area contributed by atoms with Gasteiger partial charge in [-0.15, -0.1) is 11.3 Å². The summed E-state index contributed by atoms with van der Waals surface area (Å²) in [7, 11) is -3.59. The first-order chi connectivity index (χ1) is 15.2. The van der Waals surface area contributed by atoms with Crippen LogP contribution in [-0.4, -0.2) is 44.3 Å². The number of nitrogens with one attached hydrogen (secondary N) is 1. The Morgan fingerprint density at radius 1 is 1.16 bits per heavy atom. The molecule has 0 fully saturated rings. The average Bonchev–Trinajstić information content (AvgIpc) is 3.11. The molecule has 1 atom stereocenters. The van der Waals surface area contributed by atoms with Crippen LogP contribution in [0.25, 0.3) is 0 Å². The van der Waals surface area contributed by atoms with Crippen LogP contribution in [0.5, 0.6) is 0 Å². The third-order valence-corrected chi connectivity index (χ3v) is 8.91. The van der Waals surface area contributed by atoms with Gasteiger partial charge in [-0.25, -0.2) is 13.2 Å². The molecule has 0 saturated heterocycles. The Kier molecular flexibility index (Phi) is 7.74. The van der Waals surface area contributed by atoms with Gasteiger partial charge in [0, 0.05) is 23.5 Å². The average molecular weight is 479 g/mol. The summed E-state index contributed by atoms with van der Waals surface area (Å²) in [4.78, 5) is 26.8. The van der Waals surface area contributed by atoms with Gasteiger partial charge >= 0.3 is 5.97 Å². The molecule has 0 spiro atoms. The van der Waals surface area contributed by atoms with E-state index in [0.29, 0.717) is 35.1 Å². The summed E-state index contributed by atoms with van der Waals surface area (Å²) < 4.78 is 31.9. The molecule has 1 N–H and O–H groups in total. The summed E-state index contributed by atoms with van der Waals surface area (Å²) >= 11 is 1.42. The summed E-state index contributed by atoms with van der Waals surface area (Å²) in [6.07, 6.45) is 2.65. The van der Waals surface area contributed by atoms with E-state index in [2.05, 4.69) is 12.2 Å². The van der Waals surface area contributed by atoms with Crippen molar-refractivity contribution in [3.63, 3.8) is 0 Å². The summed E-state index contributed by atoms with van der Waals surface area (Å²) in [6.45, 7) is 8.51. The van der Waals surface area contributed by atoms with Crippen molar-refractivity contribution in [2.24, 2.45) is 5.92 Å². The smallest absolute Gasteiger partial charge is 0.341 e. The van der Waals surface area contributed by atoms with Crippen LogP contribution in [0.1, 0.15) is 65.3 Å². The van der Waals surface area contributed by atoms with E-state index < -0.39 is 21.9 Å². The first-order valence-electron chi connectivity index (χ1n) is 11.0. The zero-order chi connectivity index (χ0) is 23.5. The number of nitrogens with zero attached hydrogens (tertiary/aromatic N) is 1. The Hall–Kier alpha value is -2.23. The predicted octanol–water partition coefficient (Wildman–Crippen LogP) is 4.33. The fourth-order valence-electron chi connectivity index (χ4n) is 3.92. The summed E-state index contributed by atoms with van der Waals surface area (Å²) in [5.41, 5.74) is 1.74. The molecule has 0 radical (unpaired) electrons. The minimum atomic E-state index is -3.59. The number of carbonyl (C=O) groups is 2. The second-order valence-electron chi connectivity index (χ2n) is 7.84. The largest absolute Gasteiger partial charge is 0.462 e. The molecule has 1 heterocycles. The van der Waals surface area contributed by atoms with Crippen LogP contribution < -0.4 is 5.32 Å². The lowest BCUT2D eigenvalue weighted by atomic mass is 9.88. The minimum Gasteiger partial charge on any atom is -0.462 e. The quantitative estimate of drug-likeness (QED) is 0.570. The first kappa shape index (κ1) is 24.4. The summed E-state index contributed by atoms with van der Waals surface area (Å²) in [5.74, 6) is -0.287. The molecule has 174 valence electrons. The number of anilines is 1. The number of ether oxygens (including phenoxy) is 1. The van der Waals surface area contributed by atoms with Crippen LogP contribution in [0.15, 0.2) is 29.2 Å². The van der Waals surface area contributed by atoms with Crippen molar-refractivity contribution < 1.29 is 22.7 Å². The third-order valence-electron chi connectivity index (χ3n) is 5.68. The van der Waals surface area contributed by atoms with Crippen molar-refractivity contribution in [1.29, 1.82) is 0 Å². The van der Waals surface area contributed by atoms with Gasteiger partial charge in [0.25, 0.3) is 5.91 Å². The van der Waals surface area contributed by atoms with Crippen LogP contribution in [0.3, 0.4) is 0 Å². The second-order valence-corrected chi connectivity index (χ2v) is 10.9. The molecular formula is C23H30N2O5S2. The number of hydrogen-bond acceptors (Lipinski definition) is 6. The minimum absolute atomic E-state index is 0.144. The maximum absolute atomic E-state index is 12.9. The highest BCUT2D eigenvalue weighted by Gasteiger charge is 2.29. The number of esters is 1. The molecule has 0 aliphatic heterocycles. The molecule has 32 heavy (non-hydrogen) atoms. The molecule has 1 aromatic heterocycles. The Labute approximate surface area is 193 Å². The van der Waals surface area contributed by atoms with Crippen molar-refractivity contribution >= 4 is 38.2 Å². The number of hydrogen-bond donors (Lipinski definition) is 1. The van der Waals surface area contributed by atoms with E-state index in [9.17, 15) is 18.0 Å². The van der Waals surface area contributed by atoms with Crippen molar-refractivity contribution in [1.82, 2.24) is 4.31 Å². The lowest BCUT2D eigenvalue weighted by Gasteiger charge is -2.18. The number of rotatable bonds is 8. The van der Waals surface area contributed by atoms with E-state index in [0.717, 1.165) is 29.7 Å². The van der Waals surface area contributed by atoms with E-state index in [4.69, 9.17) is 4.74 Å². The number of carbonyl (C=O) groups excluding carboxylic acids is 2. The molecule has 0 bridgehead atoms. The first-order valence-corrected chi connectivity index (χ1v) is 13.2. The maximum Gasteiger partial charge on any atom is 0.341 e. The molecule has 0 saturated carbocycles. The van der Waals surface area contributed by atoms with Crippen LogP contribution >= 0.6 is 11.3 Å². The zero-order valence-electron chi connectivity index (χ0n) is 18.9. The fraction of sp³-hybridized carbons (Fsp3) is 0.478. The molecule has 2 aromatic rings. The lowest BCUT2D eigenvalue weighted by Crippen LogP contribution is -2.30. The molecule has 3 rings (SSSR count). The monoisotopic (exact) mass is 478 g/mol. The molecule has 7 nitrogen and oxygen atoms in total.